The summed E-state index contributed by atoms with van der Waals surface area (Å²) >= 11 is 0. The van der Waals surface area contributed by atoms with Gasteiger partial charge in [-0.15, -0.1) is 0 Å². The van der Waals surface area contributed by atoms with E-state index in [1.807, 2.05) is 13.0 Å². The minimum Gasteiger partial charge on any atom is -0.207 e. The molecule has 1 rings (SSSR count). The first-order valence-corrected chi connectivity index (χ1v) is 4.38. The molecule has 0 fully saturated rings. The summed E-state index contributed by atoms with van der Waals surface area (Å²) in [5.74, 6) is -0.0288. The van der Waals surface area contributed by atoms with Gasteiger partial charge in [0.05, 0.1) is 11.6 Å². The zero-order valence-corrected chi connectivity index (χ0v) is 7.84. The average molecular weight is 177 g/mol. The van der Waals surface area contributed by atoms with Gasteiger partial charge >= 0.3 is 0 Å². The molecular formula is C11H12FN. The molecule has 1 aromatic carbocycles. The van der Waals surface area contributed by atoms with Crippen molar-refractivity contribution in [2.24, 2.45) is 0 Å². The molecule has 1 atom stereocenters. The SMILES string of the molecule is CCC(C)c1ccc(F)cc1C#N. The van der Waals surface area contributed by atoms with E-state index in [1.165, 1.54) is 12.1 Å². The summed E-state index contributed by atoms with van der Waals surface area (Å²) in [4.78, 5) is 0. The molecule has 0 amide bonds. The molecule has 0 spiro atoms. The molecule has 0 bridgehead atoms. The van der Waals surface area contributed by atoms with Crippen LogP contribution in [0.2, 0.25) is 0 Å². The lowest BCUT2D eigenvalue weighted by Gasteiger charge is -2.10. The van der Waals surface area contributed by atoms with Gasteiger partial charge in [-0.25, -0.2) is 4.39 Å². The predicted octanol–water partition coefficient (Wildman–Crippen LogP) is 3.21. The van der Waals surface area contributed by atoms with Crippen LogP contribution in [0.3, 0.4) is 0 Å². The van der Waals surface area contributed by atoms with Crippen LogP contribution in [0.4, 0.5) is 4.39 Å². The Kier molecular flexibility index (Phi) is 3.02. The van der Waals surface area contributed by atoms with Crippen LogP contribution in [0.1, 0.15) is 37.3 Å². The van der Waals surface area contributed by atoms with Crippen LogP contribution < -0.4 is 0 Å². The van der Waals surface area contributed by atoms with E-state index >= 15 is 0 Å². The van der Waals surface area contributed by atoms with Crippen LogP contribution in [0.5, 0.6) is 0 Å². The van der Waals surface area contributed by atoms with Crippen molar-refractivity contribution in [3.8, 4) is 6.07 Å². The molecule has 0 saturated carbocycles. The molecule has 0 saturated heterocycles. The summed E-state index contributed by atoms with van der Waals surface area (Å²) in [6.45, 7) is 4.09. The molecule has 2 heteroatoms. The quantitative estimate of drug-likeness (QED) is 0.680. The molecule has 0 N–H and O–H groups in total. The summed E-state index contributed by atoms with van der Waals surface area (Å²) in [5, 5.41) is 8.77. The standard InChI is InChI=1S/C11H12FN/c1-3-8(2)11-5-4-10(12)6-9(11)7-13/h4-6,8H,3H2,1-2H3. The fourth-order valence-corrected chi connectivity index (χ4v) is 1.27. The Labute approximate surface area is 77.8 Å². The summed E-state index contributed by atoms with van der Waals surface area (Å²) < 4.78 is 12.8. The molecule has 1 aromatic rings. The molecule has 0 aliphatic heterocycles. The van der Waals surface area contributed by atoms with Crippen LogP contribution in [0.15, 0.2) is 18.2 Å². The average Bonchev–Trinajstić information content (AvgIpc) is 2.16. The topological polar surface area (TPSA) is 23.8 Å². The third-order valence-corrected chi connectivity index (χ3v) is 2.28. The Morgan fingerprint density at radius 3 is 2.77 bits per heavy atom. The molecule has 0 aliphatic carbocycles. The largest absolute Gasteiger partial charge is 0.207 e. The van der Waals surface area contributed by atoms with Crippen LogP contribution in [-0.4, -0.2) is 0 Å². The first kappa shape index (κ1) is 9.73. The number of hydrogen-bond acceptors (Lipinski definition) is 1. The number of nitriles is 1. The van der Waals surface area contributed by atoms with Crippen molar-refractivity contribution in [3.05, 3.63) is 35.1 Å². The Balaban J connectivity index is 3.15. The molecular weight excluding hydrogens is 165 g/mol. The van der Waals surface area contributed by atoms with E-state index < -0.39 is 0 Å². The van der Waals surface area contributed by atoms with Crippen molar-refractivity contribution in [3.63, 3.8) is 0 Å². The number of nitrogens with zero attached hydrogens (tertiary/aromatic N) is 1. The van der Waals surface area contributed by atoms with Crippen LogP contribution >= 0.6 is 0 Å². The van der Waals surface area contributed by atoms with E-state index in [1.54, 1.807) is 6.07 Å². The highest BCUT2D eigenvalue weighted by Crippen LogP contribution is 2.22. The minimum absolute atomic E-state index is 0.315. The second-order valence-electron chi connectivity index (χ2n) is 3.15. The second-order valence-corrected chi connectivity index (χ2v) is 3.15. The zero-order valence-electron chi connectivity index (χ0n) is 7.84. The Hall–Kier alpha value is -1.36. The zero-order chi connectivity index (χ0) is 9.84. The number of rotatable bonds is 2. The van der Waals surface area contributed by atoms with E-state index in [4.69, 9.17) is 5.26 Å². The monoisotopic (exact) mass is 177 g/mol. The molecule has 1 unspecified atom stereocenters. The Bertz CT molecular complexity index is 338. The molecule has 0 aliphatic rings. The molecule has 68 valence electrons. The third kappa shape index (κ3) is 2.06. The highest BCUT2D eigenvalue weighted by atomic mass is 19.1. The van der Waals surface area contributed by atoms with E-state index in [2.05, 4.69) is 6.92 Å². The number of hydrogen-bond donors (Lipinski definition) is 0. The van der Waals surface area contributed by atoms with E-state index in [0.29, 0.717) is 11.5 Å². The van der Waals surface area contributed by atoms with Crippen molar-refractivity contribution >= 4 is 0 Å². The lowest BCUT2D eigenvalue weighted by molar-refractivity contribution is 0.624. The van der Waals surface area contributed by atoms with Gasteiger partial charge in [-0.1, -0.05) is 19.9 Å². The van der Waals surface area contributed by atoms with Gasteiger partial charge < -0.3 is 0 Å². The molecule has 13 heavy (non-hydrogen) atoms. The first-order chi connectivity index (χ1) is 6.19. The number of benzene rings is 1. The molecule has 1 nitrogen and oxygen atoms in total. The van der Waals surface area contributed by atoms with Crippen LogP contribution in [-0.2, 0) is 0 Å². The van der Waals surface area contributed by atoms with E-state index in [0.717, 1.165) is 12.0 Å². The smallest absolute Gasteiger partial charge is 0.124 e. The highest BCUT2D eigenvalue weighted by Gasteiger charge is 2.08. The van der Waals surface area contributed by atoms with Crippen LogP contribution in [0, 0.1) is 17.1 Å². The summed E-state index contributed by atoms with van der Waals surface area (Å²) in [7, 11) is 0. The van der Waals surface area contributed by atoms with Gasteiger partial charge in [0, 0.05) is 0 Å². The third-order valence-electron chi connectivity index (χ3n) is 2.28. The number of halogens is 1. The van der Waals surface area contributed by atoms with Crippen molar-refractivity contribution in [2.45, 2.75) is 26.2 Å². The fraction of sp³-hybridized carbons (Fsp3) is 0.364. The summed E-state index contributed by atoms with van der Waals surface area (Å²) in [5.41, 5.74) is 1.39. The lowest BCUT2D eigenvalue weighted by Crippen LogP contribution is -1.96. The van der Waals surface area contributed by atoms with E-state index in [-0.39, 0.29) is 5.82 Å². The molecule has 0 aromatic heterocycles. The van der Waals surface area contributed by atoms with Crippen molar-refractivity contribution in [1.29, 1.82) is 5.26 Å². The van der Waals surface area contributed by atoms with Gasteiger partial charge in [0.25, 0.3) is 0 Å². The maximum Gasteiger partial charge on any atom is 0.124 e. The Morgan fingerprint density at radius 1 is 1.54 bits per heavy atom. The fourth-order valence-electron chi connectivity index (χ4n) is 1.27. The maximum atomic E-state index is 12.8. The lowest BCUT2D eigenvalue weighted by atomic mass is 9.94. The van der Waals surface area contributed by atoms with Crippen molar-refractivity contribution in [2.75, 3.05) is 0 Å². The van der Waals surface area contributed by atoms with Crippen molar-refractivity contribution < 1.29 is 4.39 Å². The van der Waals surface area contributed by atoms with Gasteiger partial charge in [0.2, 0.25) is 0 Å². The van der Waals surface area contributed by atoms with Crippen LogP contribution in [0.25, 0.3) is 0 Å². The van der Waals surface area contributed by atoms with E-state index in [9.17, 15) is 4.39 Å². The highest BCUT2D eigenvalue weighted by molar-refractivity contribution is 5.39. The molecule has 0 heterocycles. The van der Waals surface area contributed by atoms with Gasteiger partial charge in [-0.3, -0.25) is 0 Å². The second kappa shape index (κ2) is 4.04. The Morgan fingerprint density at radius 2 is 2.23 bits per heavy atom. The predicted molar refractivity (Wildman–Crippen MR) is 49.8 cm³/mol. The van der Waals surface area contributed by atoms with Gasteiger partial charge in [0.15, 0.2) is 0 Å². The first-order valence-electron chi connectivity index (χ1n) is 4.38. The van der Waals surface area contributed by atoms with Gasteiger partial charge in [-0.05, 0) is 30.0 Å². The summed E-state index contributed by atoms with van der Waals surface area (Å²) in [6.07, 6.45) is 0.959. The maximum absolute atomic E-state index is 12.8. The van der Waals surface area contributed by atoms with Crippen molar-refractivity contribution in [1.82, 2.24) is 0 Å². The van der Waals surface area contributed by atoms with Gasteiger partial charge in [0.1, 0.15) is 5.82 Å². The summed E-state index contributed by atoms with van der Waals surface area (Å²) in [6, 6.07) is 6.41. The minimum atomic E-state index is -0.344. The van der Waals surface area contributed by atoms with Gasteiger partial charge in [-0.2, -0.15) is 5.26 Å². The normalized spacial score (nSPS) is 12.2. The molecule has 0 radical (unpaired) electrons.